The molecule has 21 heavy (non-hydrogen) atoms. The van der Waals surface area contributed by atoms with Crippen LogP contribution in [-0.2, 0) is 0 Å². The Labute approximate surface area is 121 Å². The summed E-state index contributed by atoms with van der Waals surface area (Å²) in [5.41, 5.74) is 0.816. The minimum absolute atomic E-state index is 0.0131. The number of hydrogen-bond donors (Lipinski definition) is 1. The van der Waals surface area contributed by atoms with Crippen molar-refractivity contribution in [3.8, 4) is 0 Å². The number of nitrogens with zero attached hydrogens (tertiary/aromatic N) is 1. The molecule has 5 heteroatoms. The number of halogens is 1. The van der Waals surface area contributed by atoms with Crippen molar-refractivity contribution in [2.24, 2.45) is 0 Å². The summed E-state index contributed by atoms with van der Waals surface area (Å²) in [6.45, 7) is 1.72. The Bertz CT molecular complexity index is 712. The van der Waals surface area contributed by atoms with E-state index in [-0.39, 0.29) is 16.8 Å². The Morgan fingerprint density at radius 3 is 2.38 bits per heavy atom. The number of para-hydroxylation sites is 1. The average molecular weight is 287 g/mol. The summed E-state index contributed by atoms with van der Waals surface area (Å²) in [6.07, 6.45) is 0. The third kappa shape index (κ3) is 2.91. The van der Waals surface area contributed by atoms with Gasteiger partial charge in [-0.25, -0.2) is 9.18 Å². The second kappa shape index (κ2) is 5.75. The average Bonchev–Trinajstić information content (AvgIpc) is 2.45. The van der Waals surface area contributed by atoms with Crippen molar-refractivity contribution in [2.75, 3.05) is 11.9 Å². The summed E-state index contributed by atoms with van der Waals surface area (Å²) in [7, 11) is 1.42. The molecule has 2 aromatic rings. The number of aryl methyl sites for hydroxylation is 1. The highest BCUT2D eigenvalue weighted by molar-refractivity contribution is 6.09. The summed E-state index contributed by atoms with van der Waals surface area (Å²) in [5, 5.41) is 9.15. The van der Waals surface area contributed by atoms with Crippen LogP contribution >= 0.6 is 0 Å². The fourth-order valence-corrected chi connectivity index (χ4v) is 2.03. The number of carbonyl (C=O) groups excluding carboxylic acids is 1. The van der Waals surface area contributed by atoms with Gasteiger partial charge in [0.15, 0.2) is 0 Å². The van der Waals surface area contributed by atoms with E-state index in [0.717, 1.165) is 4.90 Å². The van der Waals surface area contributed by atoms with Gasteiger partial charge in [-0.05, 0) is 36.8 Å². The Morgan fingerprint density at radius 1 is 1.10 bits per heavy atom. The predicted octanol–water partition coefficient (Wildman–Crippen LogP) is 3.11. The van der Waals surface area contributed by atoms with Crippen molar-refractivity contribution >= 4 is 17.6 Å². The van der Waals surface area contributed by atoms with Gasteiger partial charge < -0.3 is 10.0 Å². The molecule has 4 nitrogen and oxygen atoms in total. The van der Waals surface area contributed by atoms with Crippen LogP contribution in [0.1, 0.15) is 26.3 Å². The fourth-order valence-electron chi connectivity index (χ4n) is 2.03. The first-order chi connectivity index (χ1) is 9.91. The number of rotatable bonds is 3. The summed E-state index contributed by atoms with van der Waals surface area (Å²) >= 11 is 0. The minimum atomic E-state index is -1.14. The third-order valence-corrected chi connectivity index (χ3v) is 3.16. The number of benzene rings is 2. The maximum Gasteiger partial charge on any atom is 0.337 e. The quantitative estimate of drug-likeness (QED) is 0.943. The van der Waals surface area contributed by atoms with E-state index in [1.165, 1.54) is 31.3 Å². The van der Waals surface area contributed by atoms with Crippen molar-refractivity contribution in [1.82, 2.24) is 0 Å². The van der Waals surface area contributed by atoms with E-state index < -0.39 is 17.7 Å². The van der Waals surface area contributed by atoms with Gasteiger partial charge in [0.2, 0.25) is 0 Å². The van der Waals surface area contributed by atoms with Gasteiger partial charge in [-0.3, -0.25) is 4.79 Å². The van der Waals surface area contributed by atoms with Crippen molar-refractivity contribution < 1.29 is 19.1 Å². The summed E-state index contributed by atoms with van der Waals surface area (Å²) in [5.74, 6) is -2.37. The number of aromatic carboxylic acids is 1. The second-order valence-electron chi connectivity index (χ2n) is 4.67. The Balaban J connectivity index is 2.42. The molecule has 0 fully saturated rings. The molecule has 0 saturated heterocycles. The molecule has 1 N–H and O–H groups in total. The Kier molecular flexibility index (Phi) is 4.03. The molecule has 0 unspecified atom stereocenters. The first-order valence-corrected chi connectivity index (χ1v) is 6.28. The summed E-state index contributed by atoms with van der Waals surface area (Å²) in [4.78, 5) is 24.7. The molecule has 0 aliphatic rings. The molecule has 0 saturated carbocycles. The van der Waals surface area contributed by atoms with E-state index in [1.807, 2.05) is 0 Å². The van der Waals surface area contributed by atoms with Crippen LogP contribution in [0.25, 0.3) is 0 Å². The molecular weight excluding hydrogens is 273 g/mol. The van der Waals surface area contributed by atoms with E-state index in [0.29, 0.717) is 5.56 Å². The number of carbonyl (C=O) groups is 2. The number of carboxylic acids is 1. The molecule has 0 bridgehead atoms. The highest BCUT2D eigenvalue weighted by atomic mass is 19.1. The van der Waals surface area contributed by atoms with Crippen LogP contribution in [0, 0.1) is 12.7 Å². The minimum Gasteiger partial charge on any atom is -0.478 e. The third-order valence-electron chi connectivity index (χ3n) is 3.16. The summed E-state index contributed by atoms with van der Waals surface area (Å²) in [6, 6.07) is 10.4. The smallest absolute Gasteiger partial charge is 0.337 e. The predicted molar refractivity (Wildman–Crippen MR) is 77.3 cm³/mol. The molecule has 0 aromatic heterocycles. The van der Waals surface area contributed by atoms with Gasteiger partial charge in [0.25, 0.3) is 5.91 Å². The maximum absolute atomic E-state index is 13.9. The monoisotopic (exact) mass is 287 g/mol. The SMILES string of the molecule is Cc1ccc(C(=O)N(C)c2ccccc2C(=O)O)c(F)c1. The number of hydrogen-bond acceptors (Lipinski definition) is 2. The Morgan fingerprint density at radius 2 is 1.76 bits per heavy atom. The largest absolute Gasteiger partial charge is 0.478 e. The van der Waals surface area contributed by atoms with E-state index >= 15 is 0 Å². The molecule has 0 spiro atoms. The van der Waals surface area contributed by atoms with Gasteiger partial charge in [-0.2, -0.15) is 0 Å². The van der Waals surface area contributed by atoms with Crippen molar-refractivity contribution in [2.45, 2.75) is 6.92 Å². The first kappa shape index (κ1) is 14.7. The van der Waals surface area contributed by atoms with Gasteiger partial charge in [0, 0.05) is 7.05 Å². The van der Waals surface area contributed by atoms with Crippen molar-refractivity contribution in [3.63, 3.8) is 0 Å². The van der Waals surface area contributed by atoms with E-state index in [2.05, 4.69) is 0 Å². The van der Waals surface area contributed by atoms with Gasteiger partial charge in [-0.1, -0.05) is 18.2 Å². The number of carboxylic acid groups (broad SMARTS) is 1. The van der Waals surface area contributed by atoms with E-state index in [9.17, 15) is 14.0 Å². The van der Waals surface area contributed by atoms with Crippen LogP contribution < -0.4 is 4.90 Å². The lowest BCUT2D eigenvalue weighted by Gasteiger charge is -2.19. The van der Waals surface area contributed by atoms with Gasteiger partial charge in [0.1, 0.15) is 5.82 Å². The standard InChI is InChI=1S/C16H14FNO3/c1-10-7-8-11(13(17)9-10)15(19)18(2)14-6-4-3-5-12(14)16(20)21/h3-9H,1-2H3,(H,20,21). The lowest BCUT2D eigenvalue weighted by atomic mass is 10.1. The lowest BCUT2D eigenvalue weighted by Crippen LogP contribution is -2.28. The topological polar surface area (TPSA) is 57.6 Å². The van der Waals surface area contributed by atoms with Crippen molar-refractivity contribution in [1.29, 1.82) is 0 Å². The number of amides is 1. The number of anilines is 1. The molecule has 0 radical (unpaired) electrons. The molecule has 2 rings (SSSR count). The van der Waals surface area contributed by atoms with E-state index in [1.54, 1.807) is 25.1 Å². The highest BCUT2D eigenvalue weighted by Crippen LogP contribution is 2.22. The molecule has 1 amide bonds. The van der Waals surface area contributed by atoms with Crippen LogP contribution in [0.2, 0.25) is 0 Å². The second-order valence-corrected chi connectivity index (χ2v) is 4.67. The highest BCUT2D eigenvalue weighted by Gasteiger charge is 2.21. The molecule has 108 valence electrons. The summed E-state index contributed by atoms with van der Waals surface area (Å²) < 4.78 is 13.9. The molecule has 0 aliphatic heterocycles. The van der Waals surface area contributed by atoms with Crippen LogP contribution in [0.3, 0.4) is 0 Å². The van der Waals surface area contributed by atoms with Crippen LogP contribution in [-0.4, -0.2) is 24.0 Å². The van der Waals surface area contributed by atoms with Gasteiger partial charge >= 0.3 is 5.97 Å². The van der Waals surface area contributed by atoms with Gasteiger partial charge in [0.05, 0.1) is 16.8 Å². The normalized spacial score (nSPS) is 10.2. The van der Waals surface area contributed by atoms with Crippen molar-refractivity contribution in [3.05, 3.63) is 65.0 Å². The van der Waals surface area contributed by atoms with E-state index in [4.69, 9.17) is 5.11 Å². The van der Waals surface area contributed by atoms with Crippen LogP contribution in [0.4, 0.5) is 10.1 Å². The zero-order valence-corrected chi connectivity index (χ0v) is 11.6. The van der Waals surface area contributed by atoms with Gasteiger partial charge in [-0.15, -0.1) is 0 Å². The van der Waals surface area contributed by atoms with Crippen LogP contribution in [0.15, 0.2) is 42.5 Å². The maximum atomic E-state index is 13.9. The lowest BCUT2D eigenvalue weighted by molar-refractivity contribution is 0.0697. The molecule has 2 aromatic carbocycles. The molecule has 0 aliphatic carbocycles. The first-order valence-electron chi connectivity index (χ1n) is 6.28. The zero-order chi connectivity index (χ0) is 15.6. The fraction of sp³-hybridized carbons (Fsp3) is 0.125. The molecule has 0 atom stereocenters. The zero-order valence-electron chi connectivity index (χ0n) is 11.6. The molecular formula is C16H14FNO3. The molecule has 0 heterocycles. The van der Waals surface area contributed by atoms with Crippen LogP contribution in [0.5, 0.6) is 0 Å². The Hall–Kier alpha value is -2.69.